The van der Waals surface area contributed by atoms with Gasteiger partial charge in [-0.1, -0.05) is 30.3 Å². The van der Waals surface area contributed by atoms with Crippen molar-refractivity contribution in [3.8, 4) is 11.1 Å². The number of thiophene rings is 1. The van der Waals surface area contributed by atoms with Crippen LogP contribution >= 0.6 is 11.3 Å². The zero-order valence-electron chi connectivity index (χ0n) is 20.6. The second kappa shape index (κ2) is 10.6. The van der Waals surface area contributed by atoms with Crippen molar-refractivity contribution in [1.82, 2.24) is 15.3 Å². The number of nitrogens with two attached hydrogens (primary N) is 1. The number of nitrogens with one attached hydrogen (secondary N) is 1. The molecule has 0 aliphatic carbocycles. The van der Waals surface area contributed by atoms with Crippen LogP contribution in [0.2, 0.25) is 0 Å². The summed E-state index contributed by atoms with van der Waals surface area (Å²) in [5, 5.41) is 4.13. The molecule has 7 nitrogen and oxygen atoms in total. The molecule has 8 heteroatoms. The molecule has 3 aromatic rings. The molecule has 35 heavy (non-hydrogen) atoms. The molecule has 0 saturated carbocycles. The van der Waals surface area contributed by atoms with Crippen LogP contribution in [0.15, 0.2) is 36.7 Å². The van der Waals surface area contributed by atoms with Crippen LogP contribution in [0.25, 0.3) is 21.3 Å². The first-order valence-electron chi connectivity index (χ1n) is 12.7. The highest BCUT2D eigenvalue weighted by Crippen LogP contribution is 2.47. The number of fused-ring (bicyclic) bond motifs is 3. The number of benzene rings is 1. The van der Waals surface area contributed by atoms with Gasteiger partial charge in [0.15, 0.2) is 0 Å². The topological polar surface area (TPSA) is 93.4 Å². The lowest BCUT2D eigenvalue weighted by atomic mass is 9.91. The zero-order chi connectivity index (χ0) is 24.4. The van der Waals surface area contributed by atoms with Gasteiger partial charge in [-0.3, -0.25) is 4.79 Å². The van der Waals surface area contributed by atoms with Crippen molar-refractivity contribution in [2.24, 2.45) is 11.7 Å². The number of carbonyl (C=O) groups is 1. The summed E-state index contributed by atoms with van der Waals surface area (Å²) in [6.07, 6.45) is 6.62. The Kier molecular flexibility index (Phi) is 7.32. The third-order valence-corrected chi connectivity index (χ3v) is 8.16. The van der Waals surface area contributed by atoms with E-state index in [0.29, 0.717) is 37.6 Å². The average Bonchev–Trinajstić information content (AvgIpc) is 3.33. The summed E-state index contributed by atoms with van der Waals surface area (Å²) in [5.74, 6) is 1.63. The average molecular weight is 494 g/mol. The van der Waals surface area contributed by atoms with Crippen molar-refractivity contribution in [3.05, 3.63) is 41.5 Å². The van der Waals surface area contributed by atoms with E-state index >= 15 is 0 Å². The Balaban J connectivity index is 1.53. The van der Waals surface area contributed by atoms with Crippen LogP contribution < -0.4 is 16.0 Å². The maximum Gasteiger partial charge on any atom is 0.225 e. The number of aromatic nitrogens is 2. The van der Waals surface area contributed by atoms with Gasteiger partial charge < -0.3 is 20.7 Å². The Morgan fingerprint density at radius 1 is 1.20 bits per heavy atom. The van der Waals surface area contributed by atoms with Gasteiger partial charge >= 0.3 is 0 Å². The van der Waals surface area contributed by atoms with E-state index in [4.69, 9.17) is 15.5 Å². The van der Waals surface area contributed by atoms with Crippen molar-refractivity contribution >= 4 is 33.3 Å². The summed E-state index contributed by atoms with van der Waals surface area (Å²) in [4.78, 5) is 26.8. The van der Waals surface area contributed by atoms with Crippen molar-refractivity contribution in [1.29, 1.82) is 0 Å². The fourth-order valence-corrected chi connectivity index (χ4v) is 6.97. The van der Waals surface area contributed by atoms with Gasteiger partial charge in [-0.2, -0.15) is 0 Å². The van der Waals surface area contributed by atoms with Crippen LogP contribution in [0.3, 0.4) is 0 Å². The summed E-state index contributed by atoms with van der Waals surface area (Å²) in [6, 6.07) is 11.4. The molecule has 2 aromatic heterocycles. The minimum absolute atomic E-state index is 0.0385. The van der Waals surface area contributed by atoms with Gasteiger partial charge in [0.05, 0.1) is 18.4 Å². The lowest BCUT2D eigenvalue weighted by Gasteiger charge is -2.40. The largest absolute Gasteiger partial charge is 0.380 e. The maximum atomic E-state index is 12.8. The van der Waals surface area contributed by atoms with E-state index in [1.54, 1.807) is 17.7 Å². The number of piperidine rings is 1. The quantitative estimate of drug-likeness (QED) is 0.435. The highest BCUT2D eigenvalue weighted by molar-refractivity contribution is 7.19. The van der Waals surface area contributed by atoms with E-state index in [9.17, 15) is 4.79 Å². The monoisotopic (exact) mass is 493 g/mol. The number of hydrogen-bond acceptors (Lipinski definition) is 7. The highest BCUT2D eigenvalue weighted by Gasteiger charge is 2.42. The molecule has 0 radical (unpaired) electrons. The smallest absolute Gasteiger partial charge is 0.225 e. The van der Waals surface area contributed by atoms with E-state index in [-0.39, 0.29) is 11.9 Å². The van der Waals surface area contributed by atoms with Gasteiger partial charge in [0.25, 0.3) is 0 Å². The second-order valence-corrected chi connectivity index (χ2v) is 11.1. The van der Waals surface area contributed by atoms with E-state index in [0.717, 1.165) is 51.5 Å². The van der Waals surface area contributed by atoms with Crippen molar-refractivity contribution in [3.63, 3.8) is 0 Å². The van der Waals surface area contributed by atoms with Gasteiger partial charge in [-0.15, -0.1) is 11.3 Å². The molecule has 3 N–H and O–H groups in total. The molecule has 2 fully saturated rings. The maximum absolute atomic E-state index is 12.8. The summed E-state index contributed by atoms with van der Waals surface area (Å²) >= 11 is 1.62. The van der Waals surface area contributed by atoms with E-state index in [1.807, 2.05) is 19.9 Å². The van der Waals surface area contributed by atoms with Crippen LogP contribution in [0.4, 0.5) is 5.82 Å². The van der Waals surface area contributed by atoms with Crippen LogP contribution in [-0.4, -0.2) is 53.8 Å². The fraction of sp³-hybridized carbons (Fsp3) is 0.519. The van der Waals surface area contributed by atoms with Gasteiger partial charge in [0.1, 0.15) is 17.0 Å². The molecule has 2 bridgehead atoms. The molecule has 2 unspecified atom stereocenters. The fourth-order valence-electron chi connectivity index (χ4n) is 5.82. The standard InChI is InChI=1S/C27H35N5O2S/c1-17(2)31-23(33)14-22-24(19-6-4-3-5-7-19)25-26(29-16-30-27(25)35-22)32-20-8-9-21(32)13-18(12-20)15-34-11-10-28/h3-7,16-18,20-21H,8-15,28H2,1-2H3,(H,31,33). The third-order valence-electron chi connectivity index (χ3n) is 7.07. The molecule has 1 aromatic carbocycles. The number of rotatable bonds is 9. The van der Waals surface area contributed by atoms with Crippen molar-refractivity contribution in [2.75, 3.05) is 24.7 Å². The predicted octanol–water partition coefficient (Wildman–Crippen LogP) is 4.15. The minimum atomic E-state index is 0.0385. The van der Waals surface area contributed by atoms with Crippen LogP contribution in [0.1, 0.15) is 44.4 Å². The lowest BCUT2D eigenvalue weighted by Crippen LogP contribution is -2.44. The first-order chi connectivity index (χ1) is 17.0. The van der Waals surface area contributed by atoms with Gasteiger partial charge in [0.2, 0.25) is 5.91 Å². The molecule has 186 valence electrons. The third kappa shape index (κ3) is 5.06. The summed E-state index contributed by atoms with van der Waals surface area (Å²) in [6.45, 7) is 5.98. The molecule has 4 heterocycles. The Morgan fingerprint density at radius 2 is 1.94 bits per heavy atom. The zero-order valence-corrected chi connectivity index (χ0v) is 21.4. The molecular formula is C27H35N5O2S. The summed E-state index contributed by atoms with van der Waals surface area (Å²) in [5.41, 5.74) is 7.82. The Labute approximate surface area is 211 Å². The van der Waals surface area contributed by atoms with E-state index in [2.05, 4.69) is 39.5 Å². The van der Waals surface area contributed by atoms with Crippen LogP contribution in [-0.2, 0) is 16.0 Å². The summed E-state index contributed by atoms with van der Waals surface area (Å²) < 4.78 is 5.80. The molecule has 2 aliphatic heterocycles. The number of hydrogen-bond donors (Lipinski definition) is 2. The minimum Gasteiger partial charge on any atom is -0.380 e. The first kappa shape index (κ1) is 24.2. The SMILES string of the molecule is CC(C)NC(=O)Cc1sc2ncnc(N3C4CCC3CC(COCCN)C4)c2c1-c1ccccc1. The van der Waals surface area contributed by atoms with Crippen molar-refractivity contribution < 1.29 is 9.53 Å². The molecule has 2 saturated heterocycles. The number of anilines is 1. The number of carbonyl (C=O) groups excluding carboxylic acids is 1. The summed E-state index contributed by atoms with van der Waals surface area (Å²) in [7, 11) is 0. The Hall–Kier alpha value is -2.55. The molecule has 2 aliphatic rings. The number of ether oxygens (including phenoxy) is 1. The van der Waals surface area contributed by atoms with Gasteiger partial charge in [-0.25, -0.2) is 9.97 Å². The molecule has 2 atom stereocenters. The van der Waals surface area contributed by atoms with Crippen LogP contribution in [0, 0.1) is 5.92 Å². The van der Waals surface area contributed by atoms with Crippen molar-refractivity contribution in [2.45, 2.75) is 64.1 Å². The molecule has 1 amide bonds. The first-order valence-corrected chi connectivity index (χ1v) is 13.5. The molecule has 0 spiro atoms. The lowest BCUT2D eigenvalue weighted by molar-refractivity contribution is -0.120. The second-order valence-electron chi connectivity index (χ2n) is 10.0. The van der Waals surface area contributed by atoms with Crippen LogP contribution in [0.5, 0.6) is 0 Å². The highest BCUT2D eigenvalue weighted by atomic mass is 32.1. The molecule has 5 rings (SSSR count). The predicted molar refractivity (Wildman–Crippen MR) is 142 cm³/mol. The molecular weight excluding hydrogens is 458 g/mol. The van der Waals surface area contributed by atoms with Gasteiger partial charge in [0, 0.05) is 41.7 Å². The van der Waals surface area contributed by atoms with Gasteiger partial charge in [-0.05, 0) is 51.0 Å². The number of nitrogens with zero attached hydrogens (tertiary/aromatic N) is 3. The number of amides is 1. The Morgan fingerprint density at radius 3 is 2.63 bits per heavy atom. The van der Waals surface area contributed by atoms with E-state index < -0.39 is 0 Å². The Bertz CT molecular complexity index is 1150. The van der Waals surface area contributed by atoms with E-state index in [1.165, 1.54) is 12.8 Å². The normalized spacial score (nSPS) is 21.7.